The molecule has 0 unspecified atom stereocenters. The van der Waals surface area contributed by atoms with Crippen LogP contribution in [0.1, 0.15) is 22.4 Å². The van der Waals surface area contributed by atoms with E-state index in [1.807, 2.05) is 42.5 Å². The highest BCUT2D eigenvalue weighted by atomic mass is 16.5. The van der Waals surface area contributed by atoms with Gasteiger partial charge < -0.3 is 25.3 Å². The molecule has 0 atom stereocenters. The average molecular weight is 336 g/mol. The number of rotatable bonds is 4. The molecule has 25 heavy (non-hydrogen) atoms. The maximum absolute atomic E-state index is 9.97. The molecule has 2 aromatic carbocycles. The molecule has 5 heteroatoms. The molecule has 0 saturated heterocycles. The quantitative estimate of drug-likeness (QED) is 0.501. The highest BCUT2D eigenvalue weighted by molar-refractivity contribution is 5.74. The summed E-state index contributed by atoms with van der Waals surface area (Å²) in [6, 6.07) is 13.6. The summed E-state index contributed by atoms with van der Waals surface area (Å²) >= 11 is 0. The number of ether oxygens (including phenoxy) is 1. The lowest BCUT2D eigenvalue weighted by Crippen LogP contribution is -1.98. The van der Waals surface area contributed by atoms with Crippen LogP contribution in [-0.2, 0) is 19.6 Å². The molecule has 0 saturated carbocycles. The lowest BCUT2D eigenvalue weighted by Gasteiger charge is -2.12. The van der Waals surface area contributed by atoms with Gasteiger partial charge in [-0.05, 0) is 53.6 Å². The number of anilines is 1. The first-order valence-corrected chi connectivity index (χ1v) is 8.18. The Hall–Kier alpha value is -2.76. The lowest BCUT2D eigenvalue weighted by molar-refractivity contribution is 0.260. The smallest absolute Gasteiger partial charge is 0.118 e. The van der Waals surface area contributed by atoms with Crippen LogP contribution in [0.25, 0.3) is 16.9 Å². The van der Waals surface area contributed by atoms with Crippen molar-refractivity contribution in [3.05, 3.63) is 64.8 Å². The fourth-order valence-corrected chi connectivity index (χ4v) is 3.73. The number of aromatic nitrogens is 1. The van der Waals surface area contributed by atoms with E-state index in [1.54, 1.807) is 7.11 Å². The van der Waals surface area contributed by atoms with E-state index in [4.69, 9.17) is 10.5 Å². The predicted molar refractivity (Wildman–Crippen MR) is 96.8 cm³/mol. The first-order chi connectivity index (χ1) is 12.2. The van der Waals surface area contributed by atoms with Crippen molar-refractivity contribution >= 4 is 5.69 Å². The lowest BCUT2D eigenvalue weighted by atomic mass is 10.0. The van der Waals surface area contributed by atoms with Crippen molar-refractivity contribution in [2.24, 2.45) is 0 Å². The van der Waals surface area contributed by atoms with Gasteiger partial charge in [-0.1, -0.05) is 0 Å². The zero-order valence-corrected chi connectivity index (χ0v) is 14.0. The summed E-state index contributed by atoms with van der Waals surface area (Å²) in [4.78, 5) is 0. The normalized spacial score (nSPS) is 12.1. The predicted octanol–water partition coefficient (Wildman–Crippen LogP) is 2.62. The Morgan fingerprint density at radius 3 is 2.40 bits per heavy atom. The molecule has 1 aromatic heterocycles. The molecule has 3 aromatic rings. The van der Waals surface area contributed by atoms with Gasteiger partial charge in [0.1, 0.15) is 5.75 Å². The van der Waals surface area contributed by atoms with Crippen molar-refractivity contribution in [1.29, 1.82) is 0 Å². The Bertz CT molecular complexity index is 943. The first-order valence-electron chi connectivity index (χ1n) is 8.18. The minimum Gasteiger partial charge on any atom is -0.497 e. The first kappa shape index (κ1) is 15.7. The van der Waals surface area contributed by atoms with E-state index in [9.17, 15) is 10.2 Å². The third-order valence-electron chi connectivity index (χ3n) is 4.87. The van der Waals surface area contributed by atoms with Crippen LogP contribution in [0.3, 0.4) is 0 Å². The largest absolute Gasteiger partial charge is 0.497 e. The van der Waals surface area contributed by atoms with Gasteiger partial charge in [0.05, 0.1) is 26.0 Å². The summed E-state index contributed by atoms with van der Waals surface area (Å²) in [5.41, 5.74) is 13.3. The van der Waals surface area contributed by atoms with Crippen LogP contribution in [0.2, 0.25) is 0 Å². The number of nitrogens with zero attached hydrogens (tertiary/aromatic N) is 1. The monoisotopic (exact) mass is 336 g/mol. The van der Waals surface area contributed by atoms with E-state index >= 15 is 0 Å². The van der Waals surface area contributed by atoms with E-state index in [-0.39, 0.29) is 13.2 Å². The number of hydrogen-bond donors (Lipinski definition) is 3. The number of nitrogen functional groups attached to an aromatic ring is 1. The fourth-order valence-electron chi connectivity index (χ4n) is 3.73. The summed E-state index contributed by atoms with van der Waals surface area (Å²) in [6.07, 6.45) is 0.694. The van der Waals surface area contributed by atoms with Gasteiger partial charge in [0.15, 0.2) is 0 Å². The maximum atomic E-state index is 9.97. The highest BCUT2D eigenvalue weighted by Gasteiger charge is 2.29. The zero-order chi connectivity index (χ0) is 17.6. The third-order valence-corrected chi connectivity index (χ3v) is 4.87. The van der Waals surface area contributed by atoms with Gasteiger partial charge in [-0.3, -0.25) is 0 Å². The number of fused-ring (bicyclic) bond motifs is 3. The van der Waals surface area contributed by atoms with Crippen LogP contribution in [0.5, 0.6) is 5.75 Å². The van der Waals surface area contributed by atoms with E-state index in [1.165, 1.54) is 0 Å². The van der Waals surface area contributed by atoms with Crippen molar-refractivity contribution < 1.29 is 14.9 Å². The standard InChI is InChI=1S/C20H20N2O3/c1-25-15-5-2-12(3-6-15)20-17(11-24)16(10-23)19-9-13-8-14(21)4-7-18(13)22(19)20/h2-8,23-24H,9-11,21H2,1H3. The molecule has 0 spiro atoms. The number of hydrogen-bond acceptors (Lipinski definition) is 4. The zero-order valence-electron chi connectivity index (χ0n) is 14.0. The van der Waals surface area contributed by atoms with E-state index in [0.29, 0.717) is 6.42 Å². The molecular weight excluding hydrogens is 316 g/mol. The highest BCUT2D eigenvalue weighted by Crippen LogP contribution is 2.41. The SMILES string of the molecule is COc1ccc(-c2c(CO)c(CO)c3n2-c2ccc(N)cc2C3)cc1. The number of benzene rings is 2. The number of methoxy groups -OCH3 is 1. The molecule has 1 aliphatic heterocycles. The summed E-state index contributed by atoms with van der Waals surface area (Å²) in [7, 11) is 1.63. The molecule has 5 nitrogen and oxygen atoms in total. The second-order valence-electron chi connectivity index (χ2n) is 6.20. The Balaban J connectivity index is 1.99. The van der Waals surface area contributed by atoms with Crippen molar-refractivity contribution in [3.63, 3.8) is 0 Å². The third kappa shape index (κ3) is 2.32. The van der Waals surface area contributed by atoms with E-state index < -0.39 is 0 Å². The van der Waals surface area contributed by atoms with Crippen LogP contribution >= 0.6 is 0 Å². The number of aliphatic hydroxyl groups excluding tert-OH is 2. The minimum atomic E-state index is -0.123. The van der Waals surface area contributed by atoms with Crippen molar-refractivity contribution in [3.8, 4) is 22.7 Å². The topological polar surface area (TPSA) is 80.6 Å². The van der Waals surface area contributed by atoms with Gasteiger partial charge in [-0.2, -0.15) is 0 Å². The van der Waals surface area contributed by atoms with Gasteiger partial charge in [0.2, 0.25) is 0 Å². The molecule has 2 heterocycles. The van der Waals surface area contributed by atoms with Crippen LogP contribution in [0.15, 0.2) is 42.5 Å². The average Bonchev–Trinajstić information content (AvgIpc) is 3.14. The summed E-state index contributed by atoms with van der Waals surface area (Å²) < 4.78 is 7.37. The molecule has 0 radical (unpaired) electrons. The van der Waals surface area contributed by atoms with Gasteiger partial charge in [0, 0.05) is 34.6 Å². The number of nitrogens with two attached hydrogens (primary N) is 1. The maximum Gasteiger partial charge on any atom is 0.118 e. The van der Waals surface area contributed by atoms with Gasteiger partial charge >= 0.3 is 0 Å². The molecule has 4 rings (SSSR count). The van der Waals surface area contributed by atoms with Crippen LogP contribution < -0.4 is 10.5 Å². The molecule has 1 aliphatic rings. The minimum absolute atomic E-state index is 0.106. The Morgan fingerprint density at radius 1 is 1.04 bits per heavy atom. The summed E-state index contributed by atoms with van der Waals surface area (Å²) in [5.74, 6) is 0.776. The van der Waals surface area contributed by atoms with Crippen molar-refractivity contribution in [2.75, 3.05) is 12.8 Å². The second-order valence-corrected chi connectivity index (χ2v) is 6.20. The van der Waals surface area contributed by atoms with E-state index in [0.717, 1.165) is 50.8 Å². The Kier molecular flexibility index (Phi) is 3.75. The summed E-state index contributed by atoms with van der Waals surface area (Å²) in [6.45, 7) is -0.230. The molecule has 0 bridgehead atoms. The summed E-state index contributed by atoms with van der Waals surface area (Å²) in [5, 5.41) is 19.9. The van der Waals surface area contributed by atoms with Crippen LogP contribution in [0.4, 0.5) is 5.69 Å². The molecule has 4 N–H and O–H groups in total. The van der Waals surface area contributed by atoms with Crippen LogP contribution in [0, 0.1) is 0 Å². The molecule has 0 fully saturated rings. The molecular formula is C20H20N2O3. The molecule has 128 valence electrons. The number of aliphatic hydroxyl groups is 2. The molecule has 0 amide bonds. The fraction of sp³-hybridized carbons (Fsp3) is 0.200. The van der Waals surface area contributed by atoms with Gasteiger partial charge in [-0.25, -0.2) is 0 Å². The Morgan fingerprint density at radius 2 is 1.76 bits per heavy atom. The second kappa shape index (κ2) is 5.95. The van der Waals surface area contributed by atoms with Gasteiger partial charge in [0.25, 0.3) is 0 Å². The van der Waals surface area contributed by atoms with Crippen molar-refractivity contribution in [2.45, 2.75) is 19.6 Å². The van der Waals surface area contributed by atoms with Crippen molar-refractivity contribution in [1.82, 2.24) is 4.57 Å². The van der Waals surface area contributed by atoms with Gasteiger partial charge in [-0.15, -0.1) is 0 Å². The molecule has 0 aliphatic carbocycles. The van der Waals surface area contributed by atoms with E-state index in [2.05, 4.69) is 4.57 Å². The van der Waals surface area contributed by atoms with Crippen LogP contribution in [-0.4, -0.2) is 21.9 Å². The Labute approximate surface area is 145 Å².